The summed E-state index contributed by atoms with van der Waals surface area (Å²) >= 11 is 0. The maximum atomic E-state index is 3.69. The van der Waals surface area contributed by atoms with Crippen LogP contribution in [0.5, 0.6) is 0 Å². The molecule has 24 heavy (non-hydrogen) atoms. The van der Waals surface area contributed by atoms with Gasteiger partial charge in [-0.1, -0.05) is 0 Å². The smallest absolute Gasteiger partial charge is 0.0405 e. The van der Waals surface area contributed by atoms with Gasteiger partial charge in [-0.3, -0.25) is 0 Å². The van der Waals surface area contributed by atoms with Crippen molar-refractivity contribution in [2.75, 3.05) is 0 Å². The van der Waals surface area contributed by atoms with Gasteiger partial charge < -0.3 is 20.3 Å². The Hall–Kier alpha value is -2.72. The van der Waals surface area contributed by atoms with Crippen LogP contribution in [-0.2, 0) is 0 Å². The molecule has 2 aliphatic rings. The molecular weight excluding hydrogens is 296 g/mol. The van der Waals surface area contributed by atoms with E-state index in [1.165, 1.54) is 23.5 Å². The van der Waals surface area contributed by atoms with Gasteiger partial charge in [-0.05, 0) is 73.5 Å². The molecule has 0 saturated carbocycles. The van der Waals surface area contributed by atoms with Gasteiger partial charge in [0.15, 0.2) is 0 Å². The molecule has 0 aromatic carbocycles. The monoisotopic (exact) mass is 316 g/mol. The number of hydrogen-bond acceptors (Lipinski definition) is 1. The summed E-state index contributed by atoms with van der Waals surface area (Å²) in [4.78, 5) is 10.4. The highest BCUT2D eigenvalue weighted by Crippen LogP contribution is 2.14. The van der Waals surface area contributed by atoms with E-state index in [4.69, 9.17) is 0 Å². The molecule has 2 aliphatic heterocycles. The zero-order valence-electron chi connectivity index (χ0n) is 13.3. The predicted octanol–water partition coefficient (Wildman–Crippen LogP) is 0.0237. The standard InChI is InChI=1S/C20H20N4/c1-2-14-10-16-5-6-18(23-16)12-20-8-7-19(24-20)11-17-4-3-15(22-17)9-13(1)21-14/h1-6,9-12,19-24H,7-8H2. The molecular formula is C20H20N4. The third-order valence-electron chi connectivity index (χ3n) is 4.79. The van der Waals surface area contributed by atoms with Crippen LogP contribution >= 0.6 is 0 Å². The average molecular weight is 316 g/mol. The molecule has 8 bridgehead atoms. The molecule has 4 nitrogen and oxygen atoms in total. The summed E-state index contributed by atoms with van der Waals surface area (Å²) < 4.78 is 0. The summed E-state index contributed by atoms with van der Waals surface area (Å²) in [5.41, 5.74) is 2.19. The van der Waals surface area contributed by atoms with Crippen LogP contribution in [-0.4, -0.2) is 27.0 Å². The lowest BCUT2D eigenvalue weighted by molar-refractivity contribution is 0.707. The molecule has 2 unspecified atom stereocenters. The van der Waals surface area contributed by atoms with Gasteiger partial charge >= 0.3 is 0 Å². The van der Waals surface area contributed by atoms with Crippen molar-refractivity contribution in [1.29, 1.82) is 0 Å². The molecule has 3 aromatic heterocycles. The molecule has 5 heterocycles. The van der Waals surface area contributed by atoms with E-state index < -0.39 is 0 Å². The van der Waals surface area contributed by atoms with Crippen molar-refractivity contribution in [3.8, 4) is 0 Å². The largest absolute Gasteiger partial charge is 0.356 e. The van der Waals surface area contributed by atoms with Crippen molar-refractivity contribution < 1.29 is 0 Å². The predicted molar refractivity (Wildman–Crippen MR) is 96.9 cm³/mol. The Labute approximate surface area is 139 Å². The van der Waals surface area contributed by atoms with Crippen LogP contribution in [0.4, 0.5) is 0 Å². The minimum atomic E-state index is 0.420. The van der Waals surface area contributed by atoms with Crippen LogP contribution in [0.2, 0.25) is 0 Å². The van der Waals surface area contributed by atoms with Gasteiger partial charge in [-0.15, -0.1) is 0 Å². The second kappa shape index (κ2) is 5.42. The maximum Gasteiger partial charge on any atom is 0.0405 e. The quantitative estimate of drug-likeness (QED) is 0.464. The summed E-state index contributed by atoms with van der Waals surface area (Å²) in [6.45, 7) is 0. The van der Waals surface area contributed by atoms with Crippen LogP contribution in [0.1, 0.15) is 24.2 Å². The second-order valence-corrected chi connectivity index (χ2v) is 6.69. The van der Waals surface area contributed by atoms with Gasteiger partial charge in [0, 0.05) is 44.9 Å². The van der Waals surface area contributed by atoms with Gasteiger partial charge in [0.1, 0.15) is 0 Å². The van der Waals surface area contributed by atoms with Crippen LogP contribution in [0.25, 0.3) is 24.3 Å². The SMILES string of the molecule is C1=c2ccc([nH]2)=CC2CCC(C=c3ccc([nH]3)=Cc3ccc1[nH]3)N2. The second-order valence-electron chi connectivity index (χ2n) is 6.69. The topological polar surface area (TPSA) is 59.4 Å². The van der Waals surface area contributed by atoms with Crippen molar-refractivity contribution >= 4 is 24.3 Å². The maximum absolute atomic E-state index is 3.69. The molecule has 1 saturated heterocycles. The van der Waals surface area contributed by atoms with E-state index in [0.29, 0.717) is 12.1 Å². The molecule has 3 aromatic rings. The fraction of sp³-hybridized carbons (Fsp3) is 0.200. The fourth-order valence-corrected chi connectivity index (χ4v) is 3.65. The van der Waals surface area contributed by atoms with Crippen molar-refractivity contribution in [1.82, 2.24) is 20.3 Å². The van der Waals surface area contributed by atoms with E-state index in [1.54, 1.807) is 0 Å². The summed E-state index contributed by atoms with van der Waals surface area (Å²) in [6, 6.07) is 13.6. The Morgan fingerprint density at radius 2 is 1.08 bits per heavy atom. The van der Waals surface area contributed by atoms with Crippen LogP contribution in [0, 0.1) is 0 Å². The minimum absolute atomic E-state index is 0.420. The third-order valence-corrected chi connectivity index (χ3v) is 4.79. The van der Waals surface area contributed by atoms with E-state index in [1.807, 2.05) is 0 Å². The summed E-state index contributed by atoms with van der Waals surface area (Å²) in [7, 11) is 0. The highest BCUT2D eigenvalue weighted by Gasteiger charge is 2.19. The Bertz CT molecular complexity index is 1020. The molecule has 5 rings (SSSR count). The van der Waals surface area contributed by atoms with E-state index in [9.17, 15) is 0 Å². The van der Waals surface area contributed by atoms with Crippen molar-refractivity contribution in [2.45, 2.75) is 24.9 Å². The molecule has 0 radical (unpaired) electrons. The lowest BCUT2D eigenvalue weighted by Crippen LogP contribution is -2.29. The van der Waals surface area contributed by atoms with Crippen molar-refractivity contribution in [3.63, 3.8) is 0 Å². The first-order valence-electron chi connectivity index (χ1n) is 8.52. The molecule has 0 spiro atoms. The van der Waals surface area contributed by atoms with Gasteiger partial charge in [-0.25, -0.2) is 0 Å². The van der Waals surface area contributed by atoms with Crippen LogP contribution in [0.3, 0.4) is 0 Å². The van der Waals surface area contributed by atoms with E-state index in [0.717, 1.165) is 22.1 Å². The zero-order valence-corrected chi connectivity index (χ0v) is 13.3. The number of aromatic amines is 3. The molecule has 0 amide bonds. The number of nitrogens with one attached hydrogen (secondary N) is 4. The number of H-pyrrole nitrogens is 3. The first-order valence-corrected chi connectivity index (χ1v) is 8.52. The van der Waals surface area contributed by atoms with Gasteiger partial charge in [0.25, 0.3) is 0 Å². The lowest BCUT2D eigenvalue weighted by Gasteiger charge is -2.06. The molecule has 1 fully saturated rings. The van der Waals surface area contributed by atoms with Gasteiger partial charge in [0.2, 0.25) is 0 Å². The number of aromatic nitrogens is 3. The van der Waals surface area contributed by atoms with Crippen molar-refractivity contribution in [2.24, 2.45) is 0 Å². The van der Waals surface area contributed by atoms with Crippen molar-refractivity contribution in [3.05, 3.63) is 69.2 Å². The normalized spacial score (nSPS) is 22.2. The third kappa shape index (κ3) is 2.65. The van der Waals surface area contributed by atoms with E-state index >= 15 is 0 Å². The van der Waals surface area contributed by atoms with E-state index in [-0.39, 0.29) is 0 Å². The Kier molecular flexibility index (Phi) is 3.10. The molecule has 4 N–H and O–H groups in total. The number of hydrogen-bond donors (Lipinski definition) is 4. The molecule has 4 heteroatoms. The highest BCUT2D eigenvalue weighted by atomic mass is 15.0. The summed E-state index contributed by atoms with van der Waals surface area (Å²) in [5.74, 6) is 0. The molecule has 2 atom stereocenters. The lowest BCUT2D eigenvalue weighted by atomic mass is 10.2. The summed E-state index contributed by atoms with van der Waals surface area (Å²) in [6.07, 6.45) is 11.2. The Morgan fingerprint density at radius 3 is 1.62 bits per heavy atom. The van der Waals surface area contributed by atoms with Gasteiger partial charge in [0.05, 0.1) is 0 Å². The minimum Gasteiger partial charge on any atom is -0.356 e. The number of fused-ring (bicyclic) bond motifs is 8. The highest BCUT2D eigenvalue weighted by molar-refractivity contribution is 5.52. The fourth-order valence-electron chi connectivity index (χ4n) is 3.65. The van der Waals surface area contributed by atoms with Gasteiger partial charge in [-0.2, -0.15) is 0 Å². The number of rotatable bonds is 0. The zero-order chi connectivity index (χ0) is 15.9. The first kappa shape index (κ1) is 13.7. The Morgan fingerprint density at radius 1 is 0.583 bits per heavy atom. The van der Waals surface area contributed by atoms with E-state index in [2.05, 4.69) is 81.0 Å². The molecule has 120 valence electrons. The summed E-state index contributed by atoms with van der Waals surface area (Å²) in [5, 5.41) is 8.27. The Balaban J connectivity index is 1.70. The first-order chi connectivity index (χ1) is 11.8. The van der Waals surface area contributed by atoms with Crippen LogP contribution < -0.4 is 26.7 Å². The average Bonchev–Trinajstić information content (AvgIpc) is 3.32. The molecule has 0 aliphatic carbocycles. The van der Waals surface area contributed by atoms with Crippen LogP contribution in [0.15, 0.2) is 36.4 Å².